The zero-order valence-electron chi connectivity index (χ0n) is 25.2. The Morgan fingerprint density at radius 3 is 1.33 bits per heavy atom. The lowest BCUT2D eigenvalue weighted by molar-refractivity contribution is 0.116. The quantitative estimate of drug-likeness (QED) is 0.147. The van der Waals surface area contributed by atoms with E-state index in [2.05, 4.69) is 61.5 Å². The van der Waals surface area contributed by atoms with E-state index in [9.17, 15) is 0 Å². The molecule has 0 aliphatic rings. The first kappa shape index (κ1) is 32.3. The van der Waals surface area contributed by atoms with Crippen LogP contribution in [0.5, 0.6) is 0 Å². The van der Waals surface area contributed by atoms with Crippen molar-refractivity contribution in [3.63, 3.8) is 0 Å². The highest BCUT2D eigenvalue weighted by molar-refractivity contribution is 5.52. The molecule has 0 aliphatic heterocycles. The number of hydrogen-bond donors (Lipinski definition) is 0. The molecule has 0 aromatic heterocycles. The molecule has 3 aromatic carbocycles. The molecule has 0 radical (unpaired) electrons. The summed E-state index contributed by atoms with van der Waals surface area (Å²) in [7, 11) is 0. The second-order valence-corrected chi connectivity index (χ2v) is 10.4. The van der Waals surface area contributed by atoms with E-state index in [0.717, 1.165) is 70.6 Å². The summed E-state index contributed by atoms with van der Waals surface area (Å²) in [6.07, 6.45) is 20.9. The fourth-order valence-corrected chi connectivity index (χ4v) is 4.47. The Balaban J connectivity index is 1.68. The summed E-state index contributed by atoms with van der Waals surface area (Å²) in [5, 5.41) is 0. The Hall–Kier alpha value is -4.18. The fourth-order valence-electron chi connectivity index (χ4n) is 4.47. The van der Waals surface area contributed by atoms with Crippen LogP contribution in [0.15, 0.2) is 60.7 Å². The molecule has 0 unspecified atom stereocenters. The minimum atomic E-state index is 0.537. The third-order valence-electron chi connectivity index (χ3n) is 6.71. The van der Waals surface area contributed by atoms with Crippen LogP contribution in [0.2, 0.25) is 0 Å². The van der Waals surface area contributed by atoms with Gasteiger partial charge >= 0.3 is 0 Å². The molecule has 214 valence electrons. The average molecular weight is 555 g/mol. The average Bonchev–Trinajstić information content (AvgIpc) is 3.02. The predicted molar refractivity (Wildman–Crippen MR) is 175 cm³/mol. The van der Waals surface area contributed by atoms with Gasteiger partial charge in [0, 0.05) is 46.6 Å². The third-order valence-corrected chi connectivity index (χ3v) is 6.71. The highest BCUT2D eigenvalue weighted by atomic mass is 16.5. The lowest BCUT2D eigenvalue weighted by Crippen LogP contribution is -1.97. The van der Waals surface area contributed by atoms with Crippen LogP contribution in [0.4, 0.5) is 0 Å². The Labute approximate surface area is 254 Å². The molecule has 0 saturated carbocycles. The van der Waals surface area contributed by atoms with E-state index in [1.165, 1.54) is 38.5 Å². The van der Waals surface area contributed by atoms with Crippen molar-refractivity contribution in [2.75, 3.05) is 13.2 Å². The van der Waals surface area contributed by atoms with Crippen LogP contribution in [-0.4, -0.2) is 13.2 Å². The van der Waals surface area contributed by atoms with Gasteiger partial charge in [0.2, 0.25) is 0 Å². The van der Waals surface area contributed by atoms with Gasteiger partial charge in [-0.15, -0.1) is 12.8 Å². The van der Waals surface area contributed by atoms with Crippen LogP contribution >= 0.6 is 0 Å². The maximum absolute atomic E-state index is 5.87. The van der Waals surface area contributed by atoms with Crippen molar-refractivity contribution in [2.24, 2.45) is 0 Å². The van der Waals surface area contributed by atoms with Crippen LogP contribution in [-0.2, 0) is 22.7 Å². The summed E-state index contributed by atoms with van der Waals surface area (Å²) in [4.78, 5) is 0. The second kappa shape index (κ2) is 19.0. The van der Waals surface area contributed by atoms with E-state index in [1.807, 2.05) is 48.5 Å². The van der Waals surface area contributed by atoms with Gasteiger partial charge in [-0.1, -0.05) is 94.0 Å². The number of hydrogen-bond acceptors (Lipinski definition) is 2. The first-order valence-corrected chi connectivity index (χ1v) is 15.1. The Morgan fingerprint density at radius 1 is 0.500 bits per heavy atom. The normalized spacial score (nSPS) is 10.1. The molecule has 0 amide bonds. The van der Waals surface area contributed by atoms with Gasteiger partial charge in [0.15, 0.2) is 0 Å². The van der Waals surface area contributed by atoms with Crippen molar-refractivity contribution in [2.45, 2.75) is 78.4 Å². The summed E-state index contributed by atoms with van der Waals surface area (Å²) in [5.41, 5.74) is 7.21. The molecule has 0 heterocycles. The number of unbranched alkanes of at least 4 members (excludes halogenated alkanes) is 6. The van der Waals surface area contributed by atoms with Gasteiger partial charge in [-0.3, -0.25) is 0 Å². The van der Waals surface area contributed by atoms with Crippen LogP contribution in [0.3, 0.4) is 0 Å². The molecule has 3 rings (SSSR count). The Bertz CT molecular complexity index is 1380. The predicted octanol–water partition coefficient (Wildman–Crippen LogP) is 8.64. The van der Waals surface area contributed by atoms with Crippen molar-refractivity contribution >= 4 is 0 Å². The summed E-state index contributed by atoms with van der Waals surface area (Å²) < 4.78 is 11.7. The summed E-state index contributed by atoms with van der Waals surface area (Å²) in [6, 6.07) is 19.9. The number of benzene rings is 3. The standard InChI is InChI=1S/C40H42O2/c1-5-9-11-13-22-41-31-39-26-33(7-3)24-37(29-39)20-18-35-16-15-17-36(28-35)19-21-38-25-34(8-4)27-40(30-38)32-42-23-14-12-10-6-2/h3-4,15-17,24-30H,5-6,9-14,22-23,31-32H2,1-2H3. The van der Waals surface area contributed by atoms with E-state index < -0.39 is 0 Å². The van der Waals surface area contributed by atoms with Gasteiger partial charge < -0.3 is 9.47 Å². The molecule has 42 heavy (non-hydrogen) atoms. The van der Waals surface area contributed by atoms with Crippen LogP contribution in [0.25, 0.3) is 0 Å². The van der Waals surface area contributed by atoms with Gasteiger partial charge in [0.1, 0.15) is 0 Å². The van der Waals surface area contributed by atoms with Gasteiger partial charge in [0.05, 0.1) is 13.2 Å². The van der Waals surface area contributed by atoms with Crippen LogP contribution in [0.1, 0.15) is 110 Å². The lowest BCUT2D eigenvalue weighted by atomic mass is 10.0. The molecule has 3 aromatic rings. The lowest BCUT2D eigenvalue weighted by Gasteiger charge is -2.06. The molecule has 2 nitrogen and oxygen atoms in total. The zero-order chi connectivity index (χ0) is 29.8. The molecule has 0 fully saturated rings. The van der Waals surface area contributed by atoms with Gasteiger partial charge in [-0.2, -0.15) is 0 Å². The molecule has 2 heteroatoms. The van der Waals surface area contributed by atoms with Crippen molar-refractivity contribution in [3.05, 3.63) is 105 Å². The molecular formula is C40H42O2. The zero-order valence-corrected chi connectivity index (χ0v) is 25.2. The molecule has 0 N–H and O–H groups in total. The van der Waals surface area contributed by atoms with Gasteiger partial charge in [-0.25, -0.2) is 0 Å². The van der Waals surface area contributed by atoms with E-state index in [0.29, 0.717) is 13.2 Å². The smallest absolute Gasteiger partial charge is 0.0717 e. The van der Waals surface area contributed by atoms with Gasteiger partial charge in [0.25, 0.3) is 0 Å². The van der Waals surface area contributed by atoms with Crippen molar-refractivity contribution in [1.82, 2.24) is 0 Å². The molecule has 0 bridgehead atoms. The van der Waals surface area contributed by atoms with E-state index in [1.54, 1.807) is 0 Å². The molecule has 0 aliphatic carbocycles. The number of rotatable bonds is 14. The molecule has 0 spiro atoms. The topological polar surface area (TPSA) is 18.5 Å². The molecule has 0 atom stereocenters. The first-order valence-electron chi connectivity index (χ1n) is 15.1. The minimum absolute atomic E-state index is 0.537. The molecule has 0 saturated heterocycles. The van der Waals surface area contributed by atoms with Crippen molar-refractivity contribution in [1.29, 1.82) is 0 Å². The monoisotopic (exact) mass is 554 g/mol. The van der Waals surface area contributed by atoms with Crippen molar-refractivity contribution < 1.29 is 9.47 Å². The highest BCUT2D eigenvalue weighted by Crippen LogP contribution is 2.14. The SMILES string of the molecule is C#Cc1cc(C#Cc2cccc(C#Cc3cc(C#C)cc(COCCCCCC)c3)c2)cc(COCCCCCC)c1. The molecular weight excluding hydrogens is 512 g/mol. The summed E-state index contributed by atoms with van der Waals surface area (Å²) in [5.74, 6) is 18.5. The van der Waals surface area contributed by atoms with Crippen LogP contribution < -0.4 is 0 Å². The number of terminal acetylenes is 2. The summed E-state index contributed by atoms with van der Waals surface area (Å²) >= 11 is 0. The highest BCUT2D eigenvalue weighted by Gasteiger charge is 2.02. The van der Waals surface area contributed by atoms with Gasteiger partial charge in [-0.05, 0) is 78.6 Å². The van der Waals surface area contributed by atoms with E-state index in [4.69, 9.17) is 22.3 Å². The third kappa shape index (κ3) is 12.1. The maximum atomic E-state index is 5.87. The second-order valence-electron chi connectivity index (χ2n) is 10.4. The first-order chi connectivity index (χ1) is 20.6. The number of ether oxygens (including phenoxy) is 2. The Kier molecular flexibility index (Phi) is 14.7. The Morgan fingerprint density at radius 2 is 0.905 bits per heavy atom. The van der Waals surface area contributed by atoms with E-state index in [-0.39, 0.29) is 0 Å². The minimum Gasteiger partial charge on any atom is -0.377 e. The maximum Gasteiger partial charge on any atom is 0.0717 e. The van der Waals surface area contributed by atoms with E-state index >= 15 is 0 Å². The summed E-state index contributed by atoms with van der Waals surface area (Å²) in [6.45, 7) is 7.01. The largest absolute Gasteiger partial charge is 0.377 e. The van der Waals surface area contributed by atoms with Crippen molar-refractivity contribution in [3.8, 4) is 48.4 Å². The van der Waals surface area contributed by atoms with Crippen LogP contribution in [0, 0.1) is 48.4 Å². The fraction of sp³-hybridized carbons (Fsp3) is 0.350.